The van der Waals surface area contributed by atoms with Gasteiger partial charge in [-0.25, -0.2) is 19.5 Å². The molecule has 0 radical (unpaired) electrons. The van der Waals surface area contributed by atoms with Crippen molar-refractivity contribution in [2.45, 2.75) is 146 Å². The molecule has 3 heterocycles. The highest BCUT2D eigenvalue weighted by Crippen LogP contribution is 2.70. The van der Waals surface area contributed by atoms with E-state index < -0.39 is 121 Å². The number of hydrogen-bond donors (Lipinski definition) is 10. The first-order chi connectivity index (χ1) is 43.8. The summed E-state index contributed by atoms with van der Waals surface area (Å²) < 4.78 is 18.1. The predicted octanol–water partition coefficient (Wildman–Crippen LogP) is 4.11. The van der Waals surface area contributed by atoms with Crippen molar-refractivity contribution in [3.05, 3.63) is 93.9 Å². The Balaban J connectivity index is 0.896. The third-order valence-electron chi connectivity index (χ3n) is 18.2. The van der Waals surface area contributed by atoms with Crippen LogP contribution >= 0.6 is 11.6 Å². The van der Waals surface area contributed by atoms with Crippen LogP contribution in [0.5, 0.6) is 5.75 Å². The van der Waals surface area contributed by atoms with Crippen LogP contribution in [0.1, 0.15) is 120 Å². The maximum atomic E-state index is 14.4. The number of Topliss-reactive ketones (excluding diaryl/α,β-unsaturated/α-hetero) is 2. The molecule has 2 aliphatic heterocycles. The maximum Gasteiger partial charge on any atom is 0.318 e. The lowest BCUT2D eigenvalue weighted by molar-refractivity contribution is -0.645. The minimum absolute atomic E-state index is 0.0153. The number of imidazole rings is 1. The van der Waals surface area contributed by atoms with Crippen LogP contribution < -0.4 is 42.8 Å². The Hall–Kier alpha value is -7.35. The van der Waals surface area contributed by atoms with Crippen molar-refractivity contribution in [3.8, 4) is 5.75 Å². The number of carbonyl (C=O) groups is 8. The molecule has 6 fully saturated rings. The summed E-state index contributed by atoms with van der Waals surface area (Å²) in [4.78, 5) is 133. The zero-order valence-corrected chi connectivity index (χ0v) is 52.5. The van der Waals surface area contributed by atoms with Gasteiger partial charge in [-0.15, -0.1) is 0 Å². The molecule has 1 aromatic heterocycles. The van der Waals surface area contributed by atoms with Gasteiger partial charge >= 0.3 is 6.03 Å². The number of rotatable bonds is 34. The fourth-order valence-electron chi connectivity index (χ4n) is 13.8. The molecule has 7 atom stereocenters. The maximum absolute atomic E-state index is 14.4. The fraction of sp³-hybridized carbons (Fsp3) is 0.594. The number of carbonyl (C=O) groups excluding carboxylic acids is 8. The minimum atomic E-state index is -1.56. The highest BCUT2D eigenvalue weighted by Gasteiger charge is 2.77. The smallest absolute Gasteiger partial charge is 0.318 e. The number of anilines is 1. The molecule has 2 saturated heterocycles. The van der Waals surface area contributed by atoms with Crippen molar-refractivity contribution in [2.24, 2.45) is 52.9 Å². The fourth-order valence-corrected chi connectivity index (χ4v) is 14.1. The van der Waals surface area contributed by atoms with Gasteiger partial charge in [-0.2, -0.15) is 4.89 Å². The first kappa shape index (κ1) is 69.5. The zero-order chi connectivity index (χ0) is 65.4. The number of urea groups is 1. The summed E-state index contributed by atoms with van der Waals surface area (Å²) in [6.45, 7) is 10.8. The number of nitrogens with one attached hydrogen (secondary N) is 6. The molecule has 27 heteroatoms. The van der Waals surface area contributed by atoms with Gasteiger partial charge in [-0.1, -0.05) is 55.8 Å². The van der Waals surface area contributed by atoms with Crippen LogP contribution in [0, 0.1) is 48.0 Å². The van der Waals surface area contributed by atoms with E-state index in [1.165, 1.54) is 30.0 Å². The standard InChI is InChI=1S/C64H86ClN11O15/c1-37(2)23-42(29-53(79)49(7-5-6-17-66)72-59(83)43(33-77)30-54(80)52(34-78)74-61(85)51(31-47-32-69-36-70-47)75-62(86)76-19-21-88-22-20-76)58(82)73-50(14-15-55(67)81)60(84)71-46-11-8-38(9-12-46)35-89-57-41(16-18-68-3)10-13-48(56(57)65)64(87-4)63(90-91-64)44-25-39-24-40(27-44)28-45(63)26-39/h8-13,16,18,32,36-37,39-40,42-45,49-52,77-78H,5-7,14-15,17,19-31,33-35,66H2,1-2,4H3,(H2,67,81)(H,69,70)(H,71,84)(H,72,83)(H,73,82)(H,74,85)(H,75,86)/b18-16+/t39?,40?,42-,43+,44?,45?,49+,50+,51+,52+,63?,64?/m1/s1. The van der Waals surface area contributed by atoms with Crippen molar-refractivity contribution in [1.29, 1.82) is 0 Å². The number of ether oxygens (including phenoxy) is 3. The second-order valence-corrected chi connectivity index (χ2v) is 25.3. The average molecular weight is 1280 g/mol. The number of halogens is 1. The molecule has 3 aromatic rings. The van der Waals surface area contributed by atoms with Crippen LogP contribution in [0.15, 0.2) is 55.1 Å². The SMILES string of the molecule is [C-]#[N+]/C=C/c1ccc(C2(OC)OOC23C2CC4CC(C2)CC3C4)c(Cl)c1OCc1ccc(NC(=O)[C@H](CCC(N)=O)NC(=O)[C@@H](CC(=O)[C@H](CCCCN)NC(=O)[C@H](CO)CC(=O)[C@H](CO)NC(=O)[C@H](Cc2cnc[nH]2)NC(=O)N2CCOCC2)CC(C)C)cc1. The van der Waals surface area contributed by atoms with Crippen LogP contribution in [0.4, 0.5) is 10.5 Å². The van der Waals surface area contributed by atoms with Gasteiger partial charge in [0.25, 0.3) is 5.79 Å². The summed E-state index contributed by atoms with van der Waals surface area (Å²) in [5.41, 5.74) is 13.2. The van der Waals surface area contributed by atoms with E-state index >= 15 is 0 Å². The van der Waals surface area contributed by atoms with Crippen LogP contribution in [-0.4, -0.2) is 155 Å². The second kappa shape index (κ2) is 32.3. The zero-order valence-electron chi connectivity index (χ0n) is 51.8. The topological polar surface area (TPSA) is 372 Å². The van der Waals surface area contributed by atoms with Gasteiger partial charge in [-0.05, 0) is 118 Å². The van der Waals surface area contributed by atoms with E-state index in [2.05, 4.69) is 41.4 Å². The molecule has 7 amide bonds. The summed E-state index contributed by atoms with van der Waals surface area (Å²) >= 11 is 7.30. The normalized spacial score (nSPS) is 23.4. The van der Waals surface area contributed by atoms with E-state index in [9.17, 15) is 48.6 Å². The average Bonchev–Trinajstić information content (AvgIpc) is 0.743. The number of aliphatic hydroxyl groups is 2. The lowest BCUT2D eigenvalue weighted by atomic mass is 9.47. The molecule has 4 bridgehead atoms. The van der Waals surface area contributed by atoms with Gasteiger partial charge in [0.05, 0.1) is 56.3 Å². The highest BCUT2D eigenvalue weighted by molar-refractivity contribution is 6.33. The largest absolute Gasteiger partial charge is 0.487 e. The summed E-state index contributed by atoms with van der Waals surface area (Å²) in [5.74, 6) is -7.00. The number of nitrogens with two attached hydrogens (primary N) is 2. The minimum Gasteiger partial charge on any atom is -0.487 e. The van der Waals surface area contributed by atoms with Gasteiger partial charge in [0.15, 0.2) is 23.4 Å². The van der Waals surface area contributed by atoms with Crippen molar-refractivity contribution < 1.29 is 72.6 Å². The number of aromatic amines is 1. The molecule has 91 heavy (non-hydrogen) atoms. The Bertz CT molecular complexity index is 3090. The van der Waals surface area contributed by atoms with E-state index in [0.29, 0.717) is 71.7 Å². The predicted molar refractivity (Wildman–Crippen MR) is 331 cm³/mol. The first-order valence-electron chi connectivity index (χ1n) is 31.3. The van der Waals surface area contributed by atoms with Gasteiger partial charge in [0.2, 0.25) is 29.5 Å². The number of aromatic nitrogens is 2. The molecular weight excluding hydrogens is 1200 g/mol. The Kier molecular flexibility index (Phi) is 24.7. The molecular formula is C64H86ClN11O15. The molecule has 494 valence electrons. The summed E-state index contributed by atoms with van der Waals surface area (Å²) in [6, 6.07) is 4.51. The second-order valence-electron chi connectivity index (χ2n) is 24.9. The lowest BCUT2D eigenvalue weighted by Gasteiger charge is -2.68. The molecule has 26 nitrogen and oxygen atoms in total. The number of aliphatic hydroxyl groups excluding tert-OH is 2. The quantitative estimate of drug-likeness (QED) is 0.0228. The molecule has 1 spiro atoms. The number of ketones is 2. The number of primary amides is 1. The van der Waals surface area contributed by atoms with Gasteiger partial charge in [-0.3, -0.25) is 33.6 Å². The van der Waals surface area contributed by atoms with E-state index in [-0.39, 0.29) is 81.1 Å². The number of amides is 7. The van der Waals surface area contributed by atoms with Crippen molar-refractivity contribution in [2.75, 3.05) is 58.5 Å². The molecule has 6 aliphatic rings. The third-order valence-corrected chi connectivity index (χ3v) is 18.6. The monoisotopic (exact) mass is 1280 g/mol. The van der Waals surface area contributed by atoms with Gasteiger partial charge in [0, 0.05) is 80.5 Å². The van der Waals surface area contributed by atoms with Crippen LogP contribution in [-0.2, 0) is 71.6 Å². The number of nitrogens with zero attached hydrogens (tertiary/aromatic N) is 3. The molecule has 4 aliphatic carbocycles. The van der Waals surface area contributed by atoms with Crippen LogP contribution in [0.3, 0.4) is 0 Å². The van der Waals surface area contributed by atoms with Crippen molar-refractivity contribution in [3.63, 3.8) is 0 Å². The Morgan fingerprint density at radius 2 is 1.48 bits per heavy atom. The van der Waals surface area contributed by atoms with E-state index in [4.69, 9.17) is 53.6 Å². The Labute approximate surface area is 534 Å². The molecule has 1 unspecified atom stereocenters. The number of morpholine rings is 1. The van der Waals surface area contributed by atoms with E-state index in [1.54, 1.807) is 37.5 Å². The Morgan fingerprint density at radius 1 is 0.824 bits per heavy atom. The summed E-state index contributed by atoms with van der Waals surface area (Å²) in [6.07, 6.45) is 10.6. The number of methoxy groups -OCH3 is 1. The molecule has 2 aromatic carbocycles. The van der Waals surface area contributed by atoms with E-state index in [1.807, 2.05) is 26.0 Å². The third kappa shape index (κ3) is 16.8. The molecule has 9 rings (SSSR count). The highest BCUT2D eigenvalue weighted by atomic mass is 35.5. The number of benzene rings is 2. The van der Waals surface area contributed by atoms with Gasteiger partial charge < -0.3 is 72.4 Å². The van der Waals surface area contributed by atoms with Gasteiger partial charge in [0.1, 0.15) is 30.5 Å². The van der Waals surface area contributed by atoms with E-state index in [0.717, 1.165) is 25.7 Å². The number of unbranched alkanes of at least 4 members (excludes halogenated alkanes) is 1. The molecule has 4 saturated carbocycles. The molecule has 12 N–H and O–H groups in total. The number of hydrogen-bond acceptors (Lipinski definition) is 17. The number of H-pyrrole nitrogens is 1. The first-order valence-corrected chi connectivity index (χ1v) is 31.7. The summed E-state index contributed by atoms with van der Waals surface area (Å²) in [7, 11) is 1.60. The van der Waals surface area contributed by atoms with Crippen molar-refractivity contribution >= 4 is 70.5 Å². The van der Waals surface area contributed by atoms with Crippen LogP contribution in [0.2, 0.25) is 5.02 Å². The Morgan fingerprint density at radius 3 is 2.08 bits per heavy atom. The lowest BCUT2D eigenvalue weighted by Crippen LogP contribution is -2.76. The van der Waals surface area contributed by atoms with Crippen LogP contribution in [0.25, 0.3) is 10.9 Å². The summed E-state index contributed by atoms with van der Waals surface area (Å²) in [5, 5.41) is 34.4. The van der Waals surface area contributed by atoms with Crippen molar-refractivity contribution in [1.82, 2.24) is 36.1 Å².